The van der Waals surface area contributed by atoms with Crippen LogP contribution in [-0.4, -0.2) is 36.3 Å². The molecule has 0 unspecified atom stereocenters. The zero-order valence-corrected chi connectivity index (χ0v) is 11.4. The minimum absolute atomic E-state index is 0.146. The Morgan fingerprint density at radius 2 is 1.89 bits per heavy atom. The van der Waals surface area contributed by atoms with Crippen LogP contribution in [0.3, 0.4) is 0 Å². The number of ether oxygens (including phenoxy) is 1. The molecule has 0 atom stereocenters. The summed E-state index contributed by atoms with van der Waals surface area (Å²) in [6, 6.07) is 3.67. The van der Waals surface area contributed by atoms with Crippen LogP contribution in [0.4, 0.5) is 4.39 Å². The van der Waals surface area contributed by atoms with E-state index >= 15 is 0 Å². The lowest BCUT2D eigenvalue weighted by Crippen LogP contribution is -2.34. The first kappa shape index (κ1) is 15.1. The molecule has 0 bridgehead atoms. The van der Waals surface area contributed by atoms with Crippen LogP contribution in [-0.2, 0) is 4.79 Å². The van der Waals surface area contributed by atoms with E-state index in [9.17, 15) is 14.0 Å². The van der Waals surface area contributed by atoms with Gasteiger partial charge in [-0.3, -0.25) is 9.59 Å². The molecule has 0 fully saturated rings. The summed E-state index contributed by atoms with van der Waals surface area (Å²) in [5.41, 5.74) is 0.146. The molecule has 0 saturated carbocycles. The highest BCUT2D eigenvalue weighted by Gasteiger charge is 2.14. The zero-order chi connectivity index (χ0) is 14.4. The number of nitrogens with zero attached hydrogens (tertiary/aromatic N) is 1. The first-order valence-corrected chi connectivity index (χ1v) is 6.20. The van der Waals surface area contributed by atoms with E-state index in [0.717, 1.165) is 6.07 Å². The Morgan fingerprint density at radius 1 is 1.26 bits per heavy atom. The molecule has 1 aromatic rings. The monoisotopic (exact) mass is 267 g/mol. The molecule has 0 aliphatic carbocycles. The number of amides is 1. The van der Waals surface area contributed by atoms with Crippen LogP contribution in [0, 0.1) is 5.82 Å². The quantitative estimate of drug-likeness (QED) is 0.743. The lowest BCUT2D eigenvalue weighted by atomic mass is 10.1. The second-order valence-electron chi connectivity index (χ2n) is 4.05. The number of rotatable bonds is 6. The third-order valence-corrected chi connectivity index (χ3v) is 2.79. The van der Waals surface area contributed by atoms with Gasteiger partial charge in [-0.15, -0.1) is 0 Å². The van der Waals surface area contributed by atoms with Crippen molar-refractivity contribution < 1.29 is 18.7 Å². The highest BCUT2D eigenvalue weighted by molar-refractivity contribution is 5.96. The Bertz CT molecular complexity index is 470. The Hall–Kier alpha value is -1.91. The lowest BCUT2D eigenvalue weighted by Gasteiger charge is -2.19. The Morgan fingerprint density at radius 3 is 2.42 bits per heavy atom. The fourth-order valence-electron chi connectivity index (χ4n) is 1.71. The van der Waals surface area contributed by atoms with Crippen molar-refractivity contribution in [3.05, 3.63) is 29.6 Å². The first-order chi connectivity index (χ1) is 8.99. The molecule has 0 saturated heterocycles. The molecule has 0 heterocycles. The molecule has 0 radical (unpaired) electrons. The normalized spacial score (nSPS) is 10.1. The van der Waals surface area contributed by atoms with Gasteiger partial charge in [0.05, 0.1) is 5.56 Å². The predicted octanol–water partition coefficient (Wildman–Crippen LogP) is 2.28. The number of halogens is 1. The average molecular weight is 267 g/mol. The van der Waals surface area contributed by atoms with Gasteiger partial charge in [-0.05, 0) is 39.0 Å². The van der Waals surface area contributed by atoms with Crippen LogP contribution in [0.1, 0.15) is 31.1 Å². The number of likely N-dealkylation sites (N-methyl/N-ethyl adjacent to an activating group) is 1. The van der Waals surface area contributed by atoms with E-state index in [-0.39, 0.29) is 29.6 Å². The summed E-state index contributed by atoms with van der Waals surface area (Å²) >= 11 is 0. The van der Waals surface area contributed by atoms with Crippen molar-refractivity contribution in [2.75, 3.05) is 19.7 Å². The molecule has 1 rings (SSSR count). The molecule has 1 aromatic carbocycles. The fraction of sp³-hybridized carbons (Fsp3) is 0.429. The minimum Gasteiger partial charge on any atom is -0.483 e. The van der Waals surface area contributed by atoms with Gasteiger partial charge in [0.25, 0.3) is 5.91 Å². The summed E-state index contributed by atoms with van der Waals surface area (Å²) in [5.74, 6) is -0.740. The number of benzene rings is 1. The second-order valence-corrected chi connectivity index (χ2v) is 4.05. The number of ketones is 1. The molecule has 1 amide bonds. The van der Waals surface area contributed by atoms with Crippen molar-refractivity contribution in [2.45, 2.75) is 20.8 Å². The highest BCUT2D eigenvalue weighted by atomic mass is 19.1. The third kappa shape index (κ3) is 4.05. The van der Waals surface area contributed by atoms with Gasteiger partial charge in [0.15, 0.2) is 12.4 Å². The largest absolute Gasteiger partial charge is 0.483 e. The summed E-state index contributed by atoms with van der Waals surface area (Å²) in [5, 5.41) is 0. The van der Waals surface area contributed by atoms with Crippen molar-refractivity contribution in [1.29, 1.82) is 0 Å². The number of Topliss-reactive ketones (excluding diaryl/α,β-unsaturated/α-hetero) is 1. The zero-order valence-electron chi connectivity index (χ0n) is 11.4. The summed E-state index contributed by atoms with van der Waals surface area (Å²) in [6.07, 6.45) is 0. The van der Waals surface area contributed by atoms with Gasteiger partial charge in [0.2, 0.25) is 0 Å². The van der Waals surface area contributed by atoms with Gasteiger partial charge in [0, 0.05) is 13.1 Å². The van der Waals surface area contributed by atoms with Crippen LogP contribution < -0.4 is 4.74 Å². The second kappa shape index (κ2) is 6.87. The Kier molecular flexibility index (Phi) is 5.48. The molecular weight excluding hydrogens is 249 g/mol. The number of hydrogen-bond acceptors (Lipinski definition) is 3. The molecular formula is C14H18FNO3. The smallest absolute Gasteiger partial charge is 0.260 e. The van der Waals surface area contributed by atoms with Crippen molar-refractivity contribution in [2.24, 2.45) is 0 Å². The molecule has 0 spiro atoms. The van der Waals surface area contributed by atoms with Crippen molar-refractivity contribution in [3.63, 3.8) is 0 Å². The third-order valence-electron chi connectivity index (χ3n) is 2.79. The molecule has 19 heavy (non-hydrogen) atoms. The molecule has 0 aromatic heterocycles. The van der Waals surface area contributed by atoms with Crippen LogP contribution in [0.25, 0.3) is 0 Å². The van der Waals surface area contributed by atoms with Gasteiger partial charge in [0.1, 0.15) is 11.6 Å². The van der Waals surface area contributed by atoms with Gasteiger partial charge >= 0.3 is 0 Å². The van der Waals surface area contributed by atoms with Crippen molar-refractivity contribution >= 4 is 11.7 Å². The Balaban J connectivity index is 2.78. The maximum atomic E-state index is 13.1. The Labute approximate surface area is 112 Å². The van der Waals surface area contributed by atoms with Crippen LogP contribution in [0.2, 0.25) is 0 Å². The fourth-order valence-corrected chi connectivity index (χ4v) is 1.71. The summed E-state index contributed by atoms with van der Waals surface area (Å²) in [6.45, 7) is 6.12. The molecule has 0 aliphatic rings. The van der Waals surface area contributed by atoms with Gasteiger partial charge in [-0.25, -0.2) is 4.39 Å². The lowest BCUT2D eigenvalue weighted by molar-refractivity contribution is -0.132. The van der Waals surface area contributed by atoms with Crippen molar-refractivity contribution in [3.8, 4) is 5.75 Å². The maximum Gasteiger partial charge on any atom is 0.260 e. The molecule has 104 valence electrons. The number of carbonyl (C=O) groups is 2. The maximum absolute atomic E-state index is 13.1. The van der Waals surface area contributed by atoms with Crippen LogP contribution >= 0.6 is 0 Å². The van der Waals surface area contributed by atoms with E-state index in [1.807, 2.05) is 13.8 Å². The van der Waals surface area contributed by atoms with Crippen LogP contribution in [0.5, 0.6) is 5.75 Å². The molecule has 5 heteroatoms. The summed E-state index contributed by atoms with van der Waals surface area (Å²) in [4.78, 5) is 24.8. The van der Waals surface area contributed by atoms with Gasteiger partial charge in [-0.1, -0.05) is 0 Å². The molecule has 4 nitrogen and oxygen atoms in total. The van der Waals surface area contributed by atoms with E-state index in [2.05, 4.69) is 0 Å². The van der Waals surface area contributed by atoms with E-state index in [1.54, 1.807) is 4.90 Å². The summed E-state index contributed by atoms with van der Waals surface area (Å²) < 4.78 is 18.4. The van der Waals surface area contributed by atoms with E-state index < -0.39 is 5.82 Å². The topological polar surface area (TPSA) is 46.6 Å². The SMILES string of the molecule is CCN(CC)C(=O)COc1ccc(F)cc1C(C)=O. The highest BCUT2D eigenvalue weighted by Crippen LogP contribution is 2.20. The van der Waals surface area contributed by atoms with E-state index in [4.69, 9.17) is 4.74 Å². The minimum atomic E-state index is -0.507. The standard InChI is InChI=1S/C14H18FNO3/c1-4-16(5-2)14(18)9-19-13-7-6-11(15)8-12(13)10(3)17/h6-8H,4-5,9H2,1-3H3. The summed E-state index contributed by atoms with van der Waals surface area (Å²) in [7, 11) is 0. The van der Waals surface area contributed by atoms with E-state index in [0.29, 0.717) is 13.1 Å². The van der Waals surface area contributed by atoms with Crippen LogP contribution in [0.15, 0.2) is 18.2 Å². The van der Waals surface area contributed by atoms with E-state index in [1.165, 1.54) is 19.1 Å². The van der Waals surface area contributed by atoms with Gasteiger partial charge in [-0.2, -0.15) is 0 Å². The van der Waals surface area contributed by atoms with Gasteiger partial charge < -0.3 is 9.64 Å². The number of hydrogen-bond donors (Lipinski definition) is 0. The van der Waals surface area contributed by atoms with Crippen molar-refractivity contribution in [1.82, 2.24) is 4.90 Å². The average Bonchev–Trinajstić information content (AvgIpc) is 2.38. The molecule has 0 N–H and O–H groups in total. The predicted molar refractivity (Wildman–Crippen MR) is 69.8 cm³/mol. The first-order valence-electron chi connectivity index (χ1n) is 6.20. The number of carbonyl (C=O) groups excluding carboxylic acids is 2. The molecule has 0 aliphatic heterocycles.